The van der Waals surface area contributed by atoms with Gasteiger partial charge < -0.3 is 5.11 Å². The van der Waals surface area contributed by atoms with Crippen molar-refractivity contribution in [2.75, 3.05) is 0 Å². The van der Waals surface area contributed by atoms with Gasteiger partial charge in [0.2, 0.25) is 0 Å². The lowest BCUT2D eigenvalue weighted by Crippen LogP contribution is -1.98. The molecule has 0 aliphatic heterocycles. The SMILES string of the molecule is Cc1ccc(Br)cc1Cc1cccc(C(=O)O)c1. The van der Waals surface area contributed by atoms with E-state index in [-0.39, 0.29) is 0 Å². The largest absolute Gasteiger partial charge is 0.478 e. The van der Waals surface area contributed by atoms with Crippen molar-refractivity contribution >= 4 is 21.9 Å². The topological polar surface area (TPSA) is 37.3 Å². The van der Waals surface area contributed by atoms with Crippen LogP contribution in [0.1, 0.15) is 27.0 Å². The summed E-state index contributed by atoms with van der Waals surface area (Å²) in [5.41, 5.74) is 3.75. The first kappa shape index (κ1) is 12.8. The van der Waals surface area contributed by atoms with Crippen LogP contribution in [0.5, 0.6) is 0 Å². The quantitative estimate of drug-likeness (QED) is 0.929. The van der Waals surface area contributed by atoms with Crippen LogP contribution < -0.4 is 0 Å². The average molecular weight is 305 g/mol. The van der Waals surface area contributed by atoms with Gasteiger partial charge in [0.1, 0.15) is 0 Å². The maximum atomic E-state index is 10.9. The van der Waals surface area contributed by atoms with Gasteiger partial charge in [0, 0.05) is 4.47 Å². The second kappa shape index (κ2) is 5.36. The fraction of sp³-hybridized carbons (Fsp3) is 0.133. The molecule has 92 valence electrons. The molecular weight excluding hydrogens is 292 g/mol. The Hall–Kier alpha value is -1.61. The van der Waals surface area contributed by atoms with Gasteiger partial charge in [0.15, 0.2) is 0 Å². The van der Waals surface area contributed by atoms with Gasteiger partial charge in [0.05, 0.1) is 5.56 Å². The molecule has 2 nitrogen and oxygen atoms in total. The maximum Gasteiger partial charge on any atom is 0.335 e. The van der Waals surface area contributed by atoms with E-state index in [1.165, 1.54) is 11.1 Å². The summed E-state index contributed by atoms with van der Waals surface area (Å²) in [6.45, 7) is 2.06. The standard InChI is InChI=1S/C15H13BrO2/c1-10-5-6-14(16)9-13(10)8-11-3-2-4-12(7-11)15(17)18/h2-7,9H,8H2,1H3,(H,17,18). The number of benzene rings is 2. The van der Waals surface area contributed by atoms with Crippen LogP contribution in [-0.2, 0) is 6.42 Å². The molecular formula is C15H13BrO2. The molecule has 0 radical (unpaired) electrons. The molecule has 0 atom stereocenters. The van der Waals surface area contributed by atoms with Crippen LogP contribution in [0, 0.1) is 6.92 Å². The van der Waals surface area contributed by atoms with E-state index in [4.69, 9.17) is 5.11 Å². The summed E-state index contributed by atoms with van der Waals surface area (Å²) in [7, 11) is 0. The number of halogens is 1. The smallest absolute Gasteiger partial charge is 0.335 e. The Balaban J connectivity index is 2.31. The third kappa shape index (κ3) is 2.99. The van der Waals surface area contributed by atoms with Crippen molar-refractivity contribution in [1.29, 1.82) is 0 Å². The molecule has 2 aromatic carbocycles. The Morgan fingerprint density at radius 2 is 2.00 bits per heavy atom. The Morgan fingerprint density at radius 3 is 2.72 bits per heavy atom. The van der Waals surface area contributed by atoms with E-state index >= 15 is 0 Å². The first-order valence-electron chi connectivity index (χ1n) is 5.63. The third-order valence-electron chi connectivity index (χ3n) is 2.88. The number of carboxylic acid groups (broad SMARTS) is 1. The summed E-state index contributed by atoms with van der Waals surface area (Å²) in [5.74, 6) is -0.886. The van der Waals surface area contributed by atoms with Gasteiger partial charge in [-0.3, -0.25) is 0 Å². The molecule has 0 aliphatic rings. The summed E-state index contributed by atoms with van der Waals surface area (Å²) >= 11 is 3.45. The van der Waals surface area contributed by atoms with Crippen molar-refractivity contribution in [1.82, 2.24) is 0 Å². The van der Waals surface area contributed by atoms with E-state index in [1.807, 2.05) is 12.1 Å². The number of rotatable bonds is 3. The highest BCUT2D eigenvalue weighted by Crippen LogP contribution is 2.19. The molecule has 0 unspecified atom stereocenters. The Morgan fingerprint density at radius 1 is 1.22 bits per heavy atom. The van der Waals surface area contributed by atoms with Gasteiger partial charge in [-0.05, 0) is 54.3 Å². The molecule has 3 heteroatoms. The number of carbonyl (C=O) groups is 1. The summed E-state index contributed by atoms with van der Waals surface area (Å²) in [6.07, 6.45) is 0.742. The van der Waals surface area contributed by atoms with Crippen LogP contribution in [0.25, 0.3) is 0 Å². The summed E-state index contributed by atoms with van der Waals surface area (Å²) in [5, 5.41) is 8.97. The number of hydrogen-bond acceptors (Lipinski definition) is 1. The number of aromatic carboxylic acids is 1. The molecule has 0 heterocycles. The van der Waals surface area contributed by atoms with Gasteiger partial charge in [-0.2, -0.15) is 0 Å². The van der Waals surface area contributed by atoms with Crippen LogP contribution in [0.2, 0.25) is 0 Å². The van der Waals surface area contributed by atoms with Crippen molar-refractivity contribution in [2.45, 2.75) is 13.3 Å². The molecule has 18 heavy (non-hydrogen) atoms. The maximum absolute atomic E-state index is 10.9. The van der Waals surface area contributed by atoms with Crippen molar-refractivity contribution < 1.29 is 9.90 Å². The van der Waals surface area contributed by atoms with E-state index < -0.39 is 5.97 Å². The molecule has 0 saturated heterocycles. The van der Waals surface area contributed by atoms with Crippen LogP contribution in [-0.4, -0.2) is 11.1 Å². The molecule has 0 aromatic heterocycles. The van der Waals surface area contributed by atoms with Crippen LogP contribution in [0.15, 0.2) is 46.9 Å². The molecule has 0 amide bonds. The fourth-order valence-corrected chi connectivity index (χ4v) is 2.27. The molecule has 0 aliphatic carbocycles. The van der Waals surface area contributed by atoms with Crippen molar-refractivity contribution in [2.24, 2.45) is 0 Å². The Bertz CT molecular complexity index is 591. The van der Waals surface area contributed by atoms with Gasteiger partial charge in [0.25, 0.3) is 0 Å². The molecule has 0 spiro atoms. The minimum Gasteiger partial charge on any atom is -0.478 e. The monoisotopic (exact) mass is 304 g/mol. The lowest BCUT2D eigenvalue weighted by molar-refractivity contribution is 0.0697. The highest BCUT2D eigenvalue weighted by molar-refractivity contribution is 9.10. The van der Waals surface area contributed by atoms with Gasteiger partial charge in [-0.25, -0.2) is 4.79 Å². The Labute approximate surface area is 114 Å². The molecule has 0 bridgehead atoms. The average Bonchev–Trinajstić information content (AvgIpc) is 2.34. The number of hydrogen-bond donors (Lipinski definition) is 1. The van der Waals surface area contributed by atoms with Crippen LogP contribution >= 0.6 is 15.9 Å². The van der Waals surface area contributed by atoms with Gasteiger partial charge in [-0.15, -0.1) is 0 Å². The summed E-state index contributed by atoms with van der Waals surface area (Å²) in [6, 6.07) is 13.2. The van der Waals surface area contributed by atoms with E-state index in [0.29, 0.717) is 5.56 Å². The first-order chi connectivity index (χ1) is 8.56. The zero-order valence-electron chi connectivity index (χ0n) is 9.98. The predicted octanol–water partition coefficient (Wildman–Crippen LogP) is 4.05. The fourth-order valence-electron chi connectivity index (χ4n) is 1.86. The van der Waals surface area contributed by atoms with E-state index in [9.17, 15) is 4.79 Å². The molecule has 2 aromatic rings. The normalized spacial score (nSPS) is 10.3. The molecule has 2 rings (SSSR count). The highest BCUT2D eigenvalue weighted by atomic mass is 79.9. The third-order valence-corrected chi connectivity index (χ3v) is 3.37. The van der Waals surface area contributed by atoms with Gasteiger partial charge in [-0.1, -0.05) is 34.1 Å². The van der Waals surface area contributed by atoms with Gasteiger partial charge >= 0.3 is 5.97 Å². The van der Waals surface area contributed by atoms with Crippen LogP contribution in [0.4, 0.5) is 0 Å². The Kier molecular flexibility index (Phi) is 3.82. The molecule has 0 fully saturated rings. The van der Waals surface area contributed by atoms with Crippen molar-refractivity contribution in [3.63, 3.8) is 0 Å². The second-order valence-corrected chi connectivity index (χ2v) is 5.17. The minimum atomic E-state index is -0.886. The second-order valence-electron chi connectivity index (χ2n) is 4.25. The lowest BCUT2D eigenvalue weighted by Gasteiger charge is -2.07. The predicted molar refractivity (Wildman–Crippen MR) is 75.1 cm³/mol. The highest BCUT2D eigenvalue weighted by Gasteiger charge is 2.05. The zero-order chi connectivity index (χ0) is 13.1. The van der Waals surface area contributed by atoms with E-state index in [1.54, 1.807) is 18.2 Å². The zero-order valence-corrected chi connectivity index (χ0v) is 11.6. The molecule has 1 N–H and O–H groups in total. The van der Waals surface area contributed by atoms with Crippen molar-refractivity contribution in [3.05, 3.63) is 69.2 Å². The lowest BCUT2D eigenvalue weighted by atomic mass is 9.99. The number of carboxylic acids is 1. The first-order valence-corrected chi connectivity index (χ1v) is 6.43. The van der Waals surface area contributed by atoms with Crippen molar-refractivity contribution in [3.8, 4) is 0 Å². The minimum absolute atomic E-state index is 0.333. The summed E-state index contributed by atoms with van der Waals surface area (Å²) in [4.78, 5) is 10.9. The van der Waals surface area contributed by atoms with E-state index in [2.05, 4.69) is 35.0 Å². The molecule has 0 saturated carbocycles. The van der Waals surface area contributed by atoms with E-state index in [0.717, 1.165) is 16.5 Å². The summed E-state index contributed by atoms with van der Waals surface area (Å²) < 4.78 is 1.04. The number of aryl methyl sites for hydroxylation is 1. The van der Waals surface area contributed by atoms with Crippen LogP contribution in [0.3, 0.4) is 0 Å².